The van der Waals surface area contributed by atoms with Crippen molar-refractivity contribution in [1.29, 1.82) is 0 Å². The number of hydrogen-bond donors (Lipinski definition) is 2. The van der Waals surface area contributed by atoms with Crippen LogP contribution in [0, 0.1) is 11.8 Å². The van der Waals surface area contributed by atoms with Crippen molar-refractivity contribution >= 4 is 11.6 Å². The van der Waals surface area contributed by atoms with E-state index in [0.717, 1.165) is 5.56 Å². The lowest BCUT2D eigenvalue weighted by Gasteiger charge is -2.06. The van der Waals surface area contributed by atoms with Crippen molar-refractivity contribution in [1.82, 2.24) is 0 Å². The first-order valence-corrected chi connectivity index (χ1v) is 6.59. The topological polar surface area (TPSA) is 64.3 Å². The van der Waals surface area contributed by atoms with Crippen LogP contribution in [0.15, 0.2) is 54.6 Å². The highest BCUT2D eigenvalue weighted by Gasteiger charge is 2.00. The molecule has 0 spiro atoms. The third-order valence-corrected chi connectivity index (χ3v) is 2.57. The van der Waals surface area contributed by atoms with Gasteiger partial charge >= 0.3 is 5.91 Å². The Morgan fingerprint density at radius 2 is 1.95 bits per heavy atom. The minimum atomic E-state index is -0.366. The van der Waals surface area contributed by atoms with Crippen molar-refractivity contribution in [2.45, 2.75) is 0 Å². The lowest BCUT2D eigenvalue weighted by atomic mass is 10.2. The predicted octanol–water partition coefficient (Wildman–Crippen LogP) is 2.01. The number of nitrogens with two attached hydrogens (primary N) is 1. The molecule has 4 heteroatoms. The molecule has 0 atom stereocenters. The summed E-state index contributed by atoms with van der Waals surface area (Å²) in [6.07, 6.45) is 0. The van der Waals surface area contributed by atoms with Gasteiger partial charge in [0.25, 0.3) is 0 Å². The second-order valence-corrected chi connectivity index (χ2v) is 4.24. The molecule has 0 bridgehead atoms. The van der Waals surface area contributed by atoms with Gasteiger partial charge in [0, 0.05) is 29.8 Å². The van der Waals surface area contributed by atoms with Gasteiger partial charge in [-0.25, -0.2) is 0 Å². The second kappa shape index (κ2) is 7.73. The summed E-state index contributed by atoms with van der Waals surface area (Å²) < 4.78 is 5.39. The van der Waals surface area contributed by atoms with Crippen LogP contribution in [0.5, 0.6) is 5.75 Å². The molecule has 0 aliphatic rings. The van der Waals surface area contributed by atoms with E-state index in [-0.39, 0.29) is 5.91 Å². The Morgan fingerprint density at radius 1 is 1.14 bits per heavy atom. The Labute approximate surface area is 123 Å². The lowest BCUT2D eigenvalue weighted by Crippen LogP contribution is -2.11. The van der Waals surface area contributed by atoms with Gasteiger partial charge in [0.15, 0.2) is 0 Å². The standard InChI is InChI=1S/C17H16N2O2/c18-11-12-21-16-8-4-7-15(13-16)19-17(20)10-9-14-5-2-1-3-6-14/h1-8,13H,11-12,18H2,(H,19,20). The molecule has 4 nitrogen and oxygen atoms in total. The Morgan fingerprint density at radius 3 is 2.71 bits per heavy atom. The van der Waals surface area contributed by atoms with Gasteiger partial charge in [0.05, 0.1) is 0 Å². The van der Waals surface area contributed by atoms with Gasteiger partial charge in [0.1, 0.15) is 12.4 Å². The fourth-order valence-electron chi connectivity index (χ4n) is 1.65. The summed E-state index contributed by atoms with van der Waals surface area (Å²) in [6, 6.07) is 16.5. The van der Waals surface area contributed by atoms with E-state index < -0.39 is 0 Å². The molecule has 106 valence electrons. The van der Waals surface area contributed by atoms with Crippen molar-refractivity contribution < 1.29 is 9.53 Å². The monoisotopic (exact) mass is 280 g/mol. The van der Waals surface area contributed by atoms with Gasteiger partial charge in [-0.05, 0) is 24.3 Å². The summed E-state index contributed by atoms with van der Waals surface area (Å²) in [5, 5.41) is 2.71. The highest BCUT2D eigenvalue weighted by molar-refractivity contribution is 6.04. The smallest absolute Gasteiger partial charge is 0.300 e. The molecule has 0 aliphatic carbocycles. The number of carbonyl (C=O) groups excluding carboxylic acids is 1. The zero-order valence-electron chi connectivity index (χ0n) is 11.5. The Balaban J connectivity index is 1.98. The Hall–Kier alpha value is -2.77. The van der Waals surface area contributed by atoms with Crippen molar-refractivity contribution in [2.24, 2.45) is 5.73 Å². The fourth-order valence-corrected chi connectivity index (χ4v) is 1.65. The molecular weight excluding hydrogens is 264 g/mol. The molecule has 0 aliphatic heterocycles. The number of nitrogens with one attached hydrogen (secondary N) is 1. The van der Waals surface area contributed by atoms with E-state index in [9.17, 15) is 4.79 Å². The van der Waals surface area contributed by atoms with Crippen LogP contribution in [0.2, 0.25) is 0 Å². The van der Waals surface area contributed by atoms with Gasteiger partial charge in [-0.15, -0.1) is 0 Å². The summed E-state index contributed by atoms with van der Waals surface area (Å²) in [5.74, 6) is 5.65. The number of amides is 1. The third kappa shape index (κ3) is 5.01. The molecule has 2 aromatic carbocycles. The van der Waals surface area contributed by atoms with Crippen molar-refractivity contribution in [3.8, 4) is 17.6 Å². The highest BCUT2D eigenvalue weighted by atomic mass is 16.5. The van der Waals surface area contributed by atoms with Gasteiger partial charge in [0.2, 0.25) is 0 Å². The lowest BCUT2D eigenvalue weighted by molar-refractivity contribution is -0.111. The SMILES string of the molecule is NCCOc1cccc(NC(=O)C#Cc2ccccc2)c1. The Kier molecular flexibility index (Phi) is 5.39. The second-order valence-electron chi connectivity index (χ2n) is 4.24. The summed E-state index contributed by atoms with van der Waals surface area (Å²) in [7, 11) is 0. The molecule has 2 rings (SSSR count). The van der Waals surface area contributed by atoms with Crippen molar-refractivity contribution in [2.75, 3.05) is 18.5 Å². The summed E-state index contributed by atoms with van der Waals surface area (Å²) in [6.45, 7) is 0.879. The van der Waals surface area contributed by atoms with E-state index in [2.05, 4.69) is 17.2 Å². The average Bonchev–Trinajstić information content (AvgIpc) is 2.52. The first-order valence-electron chi connectivity index (χ1n) is 6.59. The van der Waals surface area contributed by atoms with Crippen LogP contribution < -0.4 is 15.8 Å². The van der Waals surface area contributed by atoms with E-state index in [1.165, 1.54) is 0 Å². The number of anilines is 1. The van der Waals surface area contributed by atoms with E-state index in [0.29, 0.717) is 24.6 Å². The minimum Gasteiger partial charge on any atom is -0.492 e. The number of ether oxygens (including phenoxy) is 1. The molecule has 0 fully saturated rings. The zero-order chi connectivity index (χ0) is 14.9. The molecule has 0 unspecified atom stereocenters. The van der Waals surface area contributed by atoms with Gasteiger partial charge in [-0.2, -0.15) is 0 Å². The molecule has 0 heterocycles. The number of rotatable bonds is 4. The molecule has 21 heavy (non-hydrogen) atoms. The Bertz CT molecular complexity index is 657. The van der Waals surface area contributed by atoms with Crippen LogP contribution in [0.3, 0.4) is 0 Å². The van der Waals surface area contributed by atoms with E-state index in [1.807, 2.05) is 30.3 Å². The van der Waals surface area contributed by atoms with Crippen molar-refractivity contribution in [3.05, 3.63) is 60.2 Å². The summed E-state index contributed by atoms with van der Waals surface area (Å²) in [5.41, 5.74) is 6.81. The predicted molar refractivity (Wildman–Crippen MR) is 82.9 cm³/mol. The largest absolute Gasteiger partial charge is 0.492 e. The van der Waals surface area contributed by atoms with Crippen LogP contribution in [0.4, 0.5) is 5.69 Å². The summed E-state index contributed by atoms with van der Waals surface area (Å²) >= 11 is 0. The third-order valence-electron chi connectivity index (χ3n) is 2.57. The minimum absolute atomic E-state index is 0.366. The zero-order valence-corrected chi connectivity index (χ0v) is 11.5. The van der Waals surface area contributed by atoms with Crippen LogP contribution in [0.25, 0.3) is 0 Å². The number of benzene rings is 2. The first kappa shape index (κ1) is 14.6. The first-order chi connectivity index (χ1) is 10.3. The molecular formula is C17H16N2O2. The van der Waals surface area contributed by atoms with Crippen molar-refractivity contribution in [3.63, 3.8) is 0 Å². The normalized spacial score (nSPS) is 9.38. The fraction of sp³-hybridized carbons (Fsp3) is 0.118. The molecule has 0 aromatic heterocycles. The molecule has 3 N–H and O–H groups in total. The van der Waals surface area contributed by atoms with E-state index in [4.69, 9.17) is 10.5 Å². The summed E-state index contributed by atoms with van der Waals surface area (Å²) in [4.78, 5) is 11.8. The molecule has 2 aromatic rings. The number of hydrogen-bond acceptors (Lipinski definition) is 3. The quantitative estimate of drug-likeness (QED) is 0.842. The maximum Gasteiger partial charge on any atom is 0.300 e. The molecule has 0 saturated heterocycles. The maximum atomic E-state index is 11.8. The van der Waals surface area contributed by atoms with Crippen LogP contribution in [0.1, 0.15) is 5.56 Å². The maximum absolute atomic E-state index is 11.8. The van der Waals surface area contributed by atoms with Gasteiger partial charge in [-0.1, -0.05) is 30.2 Å². The van der Waals surface area contributed by atoms with Gasteiger partial charge in [-0.3, -0.25) is 4.79 Å². The van der Waals surface area contributed by atoms with Crippen LogP contribution in [-0.4, -0.2) is 19.1 Å². The van der Waals surface area contributed by atoms with Crippen LogP contribution >= 0.6 is 0 Å². The highest BCUT2D eigenvalue weighted by Crippen LogP contribution is 2.16. The van der Waals surface area contributed by atoms with Crippen LogP contribution in [-0.2, 0) is 4.79 Å². The molecule has 0 saturated carbocycles. The van der Waals surface area contributed by atoms with E-state index in [1.54, 1.807) is 24.3 Å². The molecule has 1 amide bonds. The van der Waals surface area contributed by atoms with Gasteiger partial charge < -0.3 is 15.8 Å². The molecule has 0 radical (unpaired) electrons. The average molecular weight is 280 g/mol. The van der Waals surface area contributed by atoms with E-state index >= 15 is 0 Å². The number of carbonyl (C=O) groups is 1.